The van der Waals surface area contributed by atoms with Crippen LogP contribution in [0.4, 0.5) is 0 Å². The Bertz CT molecular complexity index is 424. The molecule has 1 heterocycles. The van der Waals surface area contributed by atoms with Crippen molar-refractivity contribution in [2.45, 2.75) is 58.0 Å². The van der Waals surface area contributed by atoms with E-state index >= 15 is 0 Å². The van der Waals surface area contributed by atoms with Crippen LogP contribution >= 0.6 is 15.9 Å². The zero-order chi connectivity index (χ0) is 13.9. The molecule has 5 heteroatoms. The number of hydrogen-bond acceptors (Lipinski definition) is 2. The second kappa shape index (κ2) is 5.87. The lowest BCUT2D eigenvalue weighted by Crippen LogP contribution is -2.49. The molecule has 1 atom stereocenters. The molecule has 0 bridgehead atoms. The summed E-state index contributed by atoms with van der Waals surface area (Å²) in [5, 5.41) is 7.42. The number of hydrogen-bond donors (Lipinski definition) is 1. The molecule has 1 amide bonds. The van der Waals surface area contributed by atoms with E-state index in [1.165, 1.54) is 0 Å². The molecule has 1 aromatic rings. The molecule has 1 rings (SSSR count). The van der Waals surface area contributed by atoms with Crippen LogP contribution in [-0.4, -0.2) is 26.1 Å². The summed E-state index contributed by atoms with van der Waals surface area (Å²) in [6, 6.07) is 1.87. The van der Waals surface area contributed by atoms with Crippen molar-refractivity contribution in [2.75, 3.05) is 0 Å². The van der Waals surface area contributed by atoms with Crippen LogP contribution in [0.2, 0.25) is 0 Å². The third kappa shape index (κ3) is 3.34. The van der Waals surface area contributed by atoms with Gasteiger partial charge in [0.25, 0.3) is 5.91 Å². The second-order valence-electron chi connectivity index (χ2n) is 4.98. The molecule has 0 fully saturated rings. The van der Waals surface area contributed by atoms with Gasteiger partial charge in [-0.3, -0.25) is 9.48 Å². The monoisotopic (exact) mass is 315 g/mol. The fourth-order valence-corrected chi connectivity index (χ4v) is 1.64. The van der Waals surface area contributed by atoms with Gasteiger partial charge in [-0.1, -0.05) is 29.8 Å². The minimum absolute atomic E-state index is 0.0691. The van der Waals surface area contributed by atoms with Gasteiger partial charge in [0.2, 0.25) is 0 Å². The predicted molar refractivity (Wildman–Crippen MR) is 77.2 cm³/mol. The normalized spacial score (nSPS) is 13.4. The van der Waals surface area contributed by atoms with Gasteiger partial charge in [-0.05, 0) is 33.3 Å². The number of rotatable bonds is 5. The number of amides is 1. The Labute approximate surface area is 117 Å². The van der Waals surface area contributed by atoms with Gasteiger partial charge in [-0.15, -0.1) is 0 Å². The molecule has 0 saturated carbocycles. The molecular formula is C13H22BrN3O. The van der Waals surface area contributed by atoms with Gasteiger partial charge in [0, 0.05) is 16.9 Å². The summed E-state index contributed by atoms with van der Waals surface area (Å²) in [6.07, 6.45) is 0.839. The van der Waals surface area contributed by atoms with Crippen molar-refractivity contribution in [3.05, 3.63) is 17.5 Å². The fraction of sp³-hybridized carbons (Fsp3) is 0.692. The quantitative estimate of drug-likeness (QED) is 0.849. The first-order valence-corrected chi connectivity index (χ1v) is 7.26. The zero-order valence-corrected chi connectivity index (χ0v) is 13.3. The molecule has 0 aromatic carbocycles. The smallest absolute Gasteiger partial charge is 0.270 e. The van der Waals surface area contributed by atoms with E-state index in [4.69, 9.17) is 0 Å². The largest absolute Gasteiger partial charge is 0.345 e. The molecular weight excluding hydrogens is 294 g/mol. The van der Waals surface area contributed by atoms with Gasteiger partial charge in [-0.25, -0.2) is 0 Å². The van der Waals surface area contributed by atoms with Crippen LogP contribution in [0.1, 0.15) is 50.8 Å². The SMILES string of the molecule is CCc1cc(C(=O)NC(C)(C)C(C)Br)n(CC)n1. The highest BCUT2D eigenvalue weighted by Crippen LogP contribution is 2.17. The minimum atomic E-state index is -0.299. The highest BCUT2D eigenvalue weighted by atomic mass is 79.9. The van der Waals surface area contributed by atoms with E-state index in [2.05, 4.69) is 26.3 Å². The Morgan fingerprint density at radius 2 is 2.17 bits per heavy atom. The van der Waals surface area contributed by atoms with Gasteiger partial charge in [-0.2, -0.15) is 5.10 Å². The van der Waals surface area contributed by atoms with Crippen molar-refractivity contribution in [1.82, 2.24) is 15.1 Å². The zero-order valence-electron chi connectivity index (χ0n) is 11.7. The van der Waals surface area contributed by atoms with E-state index in [1.807, 2.05) is 40.7 Å². The first-order valence-electron chi connectivity index (χ1n) is 6.35. The summed E-state index contributed by atoms with van der Waals surface area (Å²) in [5.74, 6) is -0.0691. The van der Waals surface area contributed by atoms with Crippen molar-refractivity contribution >= 4 is 21.8 Å². The van der Waals surface area contributed by atoms with E-state index in [0.29, 0.717) is 12.2 Å². The van der Waals surface area contributed by atoms with Crippen LogP contribution in [0.15, 0.2) is 6.07 Å². The van der Waals surface area contributed by atoms with E-state index in [9.17, 15) is 4.79 Å². The average Bonchev–Trinajstić information content (AvgIpc) is 2.71. The Hall–Kier alpha value is -0.840. The Morgan fingerprint density at radius 1 is 1.56 bits per heavy atom. The van der Waals surface area contributed by atoms with E-state index in [0.717, 1.165) is 12.1 Å². The van der Waals surface area contributed by atoms with E-state index in [1.54, 1.807) is 4.68 Å². The lowest BCUT2D eigenvalue weighted by Gasteiger charge is -2.29. The second-order valence-corrected chi connectivity index (χ2v) is 6.36. The Morgan fingerprint density at radius 3 is 2.61 bits per heavy atom. The maximum absolute atomic E-state index is 12.3. The van der Waals surface area contributed by atoms with Crippen LogP contribution in [0.5, 0.6) is 0 Å². The average molecular weight is 316 g/mol. The molecule has 0 spiro atoms. The highest BCUT2D eigenvalue weighted by Gasteiger charge is 2.27. The fourth-order valence-electron chi connectivity index (χ4n) is 1.52. The van der Waals surface area contributed by atoms with Gasteiger partial charge < -0.3 is 5.32 Å². The number of nitrogens with one attached hydrogen (secondary N) is 1. The van der Waals surface area contributed by atoms with Gasteiger partial charge in [0.15, 0.2) is 0 Å². The van der Waals surface area contributed by atoms with E-state index < -0.39 is 0 Å². The van der Waals surface area contributed by atoms with Crippen molar-refractivity contribution in [1.29, 1.82) is 0 Å². The lowest BCUT2D eigenvalue weighted by atomic mass is 10.0. The molecule has 0 aliphatic rings. The number of carbonyl (C=O) groups excluding carboxylic acids is 1. The first kappa shape index (κ1) is 15.2. The summed E-state index contributed by atoms with van der Waals surface area (Å²) in [6.45, 7) is 10.7. The van der Waals surface area contributed by atoms with Crippen LogP contribution in [0, 0.1) is 0 Å². The van der Waals surface area contributed by atoms with E-state index in [-0.39, 0.29) is 16.3 Å². The number of aromatic nitrogens is 2. The molecule has 1 unspecified atom stereocenters. The summed E-state index contributed by atoms with van der Waals surface area (Å²) in [7, 11) is 0. The standard InChI is InChI=1S/C13H22BrN3O/c1-6-10-8-11(17(7-2)16-10)12(18)15-13(4,5)9(3)14/h8-9H,6-7H2,1-5H3,(H,15,18). The number of nitrogens with zero attached hydrogens (tertiary/aromatic N) is 2. The number of alkyl halides is 1. The molecule has 0 aliphatic heterocycles. The van der Waals surface area contributed by atoms with Gasteiger partial charge >= 0.3 is 0 Å². The minimum Gasteiger partial charge on any atom is -0.345 e. The maximum Gasteiger partial charge on any atom is 0.270 e. The molecule has 0 radical (unpaired) electrons. The maximum atomic E-state index is 12.3. The van der Waals surface area contributed by atoms with Crippen molar-refractivity contribution in [3.63, 3.8) is 0 Å². The topological polar surface area (TPSA) is 46.9 Å². The summed E-state index contributed by atoms with van der Waals surface area (Å²) in [4.78, 5) is 12.5. The Kier molecular flexibility index (Phi) is 4.96. The van der Waals surface area contributed by atoms with Crippen molar-refractivity contribution < 1.29 is 4.79 Å². The molecule has 1 N–H and O–H groups in total. The van der Waals surface area contributed by atoms with Crippen LogP contribution in [0.3, 0.4) is 0 Å². The summed E-state index contributed by atoms with van der Waals surface area (Å²) >= 11 is 3.51. The van der Waals surface area contributed by atoms with Crippen molar-refractivity contribution in [2.24, 2.45) is 0 Å². The Balaban J connectivity index is 2.93. The third-order valence-corrected chi connectivity index (χ3v) is 4.30. The molecule has 4 nitrogen and oxygen atoms in total. The van der Waals surface area contributed by atoms with Crippen LogP contribution in [-0.2, 0) is 13.0 Å². The third-order valence-electron chi connectivity index (χ3n) is 3.16. The van der Waals surface area contributed by atoms with Crippen molar-refractivity contribution in [3.8, 4) is 0 Å². The number of aryl methyl sites for hydroxylation is 2. The van der Waals surface area contributed by atoms with Crippen LogP contribution < -0.4 is 5.32 Å². The van der Waals surface area contributed by atoms with Gasteiger partial charge in [0.1, 0.15) is 5.69 Å². The summed E-state index contributed by atoms with van der Waals surface area (Å²) < 4.78 is 1.75. The first-order chi connectivity index (χ1) is 8.31. The van der Waals surface area contributed by atoms with Crippen LogP contribution in [0.25, 0.3) is 0 Å². The molecule has 0 aliphatic carbocycles. The highest BCUT2D eigenvalue weighted by molar-refractivity contribution is 9.09. The summed E-state index contributed by atoms with van der Waals surface area (Å²) in [5.41, 5.74) is 1.29. The van der Waals surface area contributed by atoms with Gasteiger partial charge in [0.05, 0.1) is 5.69 Å². The molecule has 0 saturated heterocycles. The molecule has 18 heavy (non-hydrogen) atoms. The number of carbonyl (C=O) groups is 1. The lowest BCUT2D eigenvalue weighted by molar-refractivity contribution is 0.0903. The molecule has 102 valence electrons. The number of halogens is 1. The predicted octanol–water partition coefficient (Wildman–Crippen LogP) is 2.76. The molecule has 1 aromatic heterocycles.